The highest BCUT2D eigenvalue weighted by atomic mass is 16.5. The summed E-state index contributed by atoms with van der Waals surface area (Å²) in [6.07, 6.45) is 1.52. The van der Waals surface area contributed by atoms with Gasteiger partial charge in [-0.1, -0.05) is 24.3 Å². The normalized spacial score (nSPS) is 10.4. The number of methoxy groups -OCH3 is 2. The van der Waals surface area contributed by atoms with Crippen molar-refractivity contribution in [2.45, 2.75) is 6.92 Å². The lowest BCUT2D eigenvalue weighted by Crippen LogP contribution is -2.07. The number of carbonyl (C=O) groups is 1. The summed E-state index contributed by atoms with van der Waals surface area (Å²) in [5, 5.41) is 4.85. The molecule has 0 unspecified atom stereocenters. The van der Waals surface area contributed by atoms with Crippen LogP contribution in [-0.4, -0.2) is 31.8 Å². The zero-order valence-corrected chi connectivity index (χ0v) is 14.9. The molecule has 0 aliphatic heterocycles. The van der Waals surface area contributed by atoms with Crippen LogP contribution in [0.4, 0.5) is 11.5 Å². The van der Waals surface area contributed by atoms with Gasteiger partial charge < -0.3 is 19.5 Å². The minimum Gasteiger partial charge on any atom is -0.497 e. The van der Waals surface area contributed by atoms with Crippen molar-refractivity contribution >= 4 is 28.2 Å². The largest absolute Gasteiger partial charge is 0.497 e. The topological polar surface area (TPSA) is 69.7 Å². The molecule has 0 saturated carbocycles. The van der Waals surface area contributed by atoms with Gasteiger partial charge in [0.25, 0.3) is 0 Å². The van der Waals surface area contributed by atoms with Crippen molar-refractivity contribution in [3.63, 3.8) is 0 Å². The van der Waals surface area contributed by atoms with Gasteiger partial charge in [-0.2, -0.15) is 0 Å². The first-order chi connectivity index (χ1) is 12.7. The first kappa shape index (κ1) is 17.5. The van der Waals surface area contributed by atoms with Crippen LogP contribution >= 0.6 is 0 Å². The van der Waals surface area contributed by atoms with E-state index < -0.39 is 0 Å². The van der Waals surface area contributed by atoms with Crippen LogP contribution in [0.5, 0.6) is 11.5 Å². The molecule has 3 rings (SSSR count). The van der Waals surface area contributed by atoms with E-state index in [4.69, 9.17) is 14.2 Å². The first-order valence-electron chi connectivity index (χ1n) is 8.21. The number of benzene rings is 2. The van der Waals surface area contributed by atoms with Crippen molar-refractivity contribution in [1.29, 1.82) is 0 Å². The van der Waals surface area contributed by atoms with Gasteiger partial charge in [-0.15, -0.1) is 0 Å². The van der Waals surface area contributed by atoms with Crippen molar-refractivity contribution in [2.75, 3.05) is 26.1 Å². The van der Waals surface area contributed by atoms with Gasteiger partial charge in [0.15, 0.2) is 0 Å². The van der Waals surface area contributed by atoms with E-state index in [1.807, 2.05) is 42.5 Å². The van der Waals surface area contributed by atoms with Gasteiger partial charge in [-0.05, 0) is 19.1 Å². The predicted octanol–water partition coefficient (Wildman–Crippen LogP) is 4.17. The quantitative estimate of drug-likeness (QED) is 0.672. The summed E-state index contributed by atoms with van der Waals surface area (Å²) in [5.74, 6) is 1.58. The molecule has 0 aliphatic rings. The molecule has 0 bridgehead atoms. The molecule has 0 fully saturated rings. The van der Waals surface area contributed by atoms with Crippen LogP contribution in [-0.2, 0) is 4.74 Å². The van der Waals surface area contributed by atoms with Crippen molar-refractivity contribution in [1.82, 2.24) is 4.98 Å². The molecule has 0 saturated heterocycles. The second-order valence-corrected chi connectivity index (χ2v) is 5.48. The van der Waals surface area contributed by atoms with Gasteiger partial charge in [0.1, 0.15) is 17.3 Å². The smallest absolute Gasteiger partial charge is 0.340 e. The van der Waals surface area contributed by atoms with E-state index in [1.165, 1.54) is 6.20 Å². The molecule has 6 nitrogen and oxygen atoms in total. The number of pyridine rings is 1. The number of hydrogen-bond donors (Lipinski definition) is 1. The zero-order chi connectivity index (χ0) is 18.5. The molecule has 0 atom stereocenters. The fraction of sp³-hybridized carbons (Fsp3) is 0.200. The molecule has 0 radical (unpaired) electrons. The van der Waals surface area contributed by atoms with Gasteiger partial charge in [0.05, 0.1) is 32.1 Å². The number of esters is 1. The molecular formula is C20H20N2O4. The fourth-order valence-corrected chi connectivity index (χ4v) is 2.70. The number of hydrogen-bond acceptors (Lipinski definition) is 6. The minimum atomic E-state index is -0.387. The van der Waals surface area contributed by atoms with Gasteiger partial charge in [-0.3, -0.25) is 0 Å². The van der Waals surface area contributed by atoms with Crippen LogP contribution in [0.1, 0.15) is 17.3 Å². The highest BCUT2D eigenvalue weighted by Gasteiger charge is 2.15. The highest BCUT2D eigenvalue weighted by molar-refractivity contribution is 6.07. The van der Waals surface area contributed by atoms with E-state index in [9.17, 15) is 4.79 Å². The Balaban J connectivity index is 2.07. The third-order valence-electron chi connectivity index (χ3n) is 3.95. The molecular weight excluding hydrogens is 332 g/mol. The lowest BCUT2D eigenvalue weighted by molar-refractivity contribution is 0.0528. The summed E-state index contributed by atoms with van der Waals surface area (Å²) in [6, 6.07) is 13.0. The van der Waals surface area contributed by atoms with E-state index in [2.05, 4.69) is 10.3 Å². The third-order valence-corrected chi connectivity index (χ3v) is 3.95. The molecule has 1 N–H and O–H groups in total. The number of nitrogens with one attached hydrogen (secondary N) is 1. The maximum absolute atomic E-state index is 12.2. The Morgan fingerprint density at radius 3 is 2.54 bits per heavy atom. The number of ether oxygens (including phenoxy) is 3. The number of nitrogens with zero attached hydrogens (tertiary/aromatic N) is 1. The Bertz CT molecular complexity index is 940. The molecule has 1 heterocycles. The summed E-state index contributed by atoms with van der Waals surface area (Å²) in [7, 11) is 3.20. The van der Waals surface area contributed by atoms with Crippen LogP contribution in [0.15, 0.2) is 48.7 Å². The van der Waals surface area contributed by atoms with Crippen LogP contribution in [0.3, 0.4) is 0 Å². The SMILES string of the molecule is CCOC(=O)c1cnc(Nc2cc(OC)ccc2OC)c2ccccc12. The Hall–Kier alpha value is -3.28. The highest BCUT2D eigenvalue weighted by Crippen LogP contribution is 2.34. The average Bonchev–Trinajstić information content (AvgIpc) is 2.68. The molecule has 6 heteroatoms. The summed E-state index contributed by atoms with van der Waals surface area (Å²) in [6.45, 7) is 2.09. The molecule has 3 aromatic rings. The Morgan fingerprint density at radius 1 is 1.08 bits per heavy atom. The maximum Gasteiger partial charge on any atom is 0.340 e. The van der Waals surface area contributed by atoms with Crippen LogP contribution in [0, 0.1) is 0 Å². The van der Waals surface area contributed by atoms with Crippen molar-refractivity contribution in [3.8, 4) is 11.5 Å². The predicted molar refractivity (Wildman–Crippen MR) is 101 cm³/mol. The molecule has 0 spiro atoms. The van der Waals surface area contributed by atoms with Crippen molar-refractivity contribution in [2.24, 2.45) is 0 Å². The van der Waals surface area contributed by atoms with E-state index in [-0.39, 0.29) is 5.97 Å². The lowest BCUT2D eigenvalue weighted by atomic mass is 10.1. The maximum atomic E-state index is 12.2. The standard InChI is InChI=1S/C20H20N2O4/c1-4-26-20(23)16-12-21-19(15-8-6-5-7-14(15)16)22-17-11-13(24-2)9-10-18(17)25-3/h5-12H,4H2,1-3H3,(H,21,22). The van der Waals surface area contributed by atoms with Gasteiger partial charge in [-0.25, -0.2) is 9.78 Å². The number of anilines is 2. The first-order valence-corrected chi connectivity index (χ1v) is 8.21. The Morgan fingerprint density at radius 2 is 1.85 bits per heavy atom. The molecule has 1 aromatic heterocycles. The molecule has 134 valence electrons. The monoisotopic (exact) mass is 352 g/mol. The van der Waals surface area contributed by atoms with Gasteiger partial charge >= 0.3 is 5.97 Å². The van der Waals surface area contributed by atoms with Crippen LogP contribution in [0.2, 0.25) is 0 Å². The second kappa shape index (κ2) is 7.74. The Labute approximate surface area is 151 Å². The van der Waals surface area contributed by atoms with Crippen LogP contribution in [0.25, 0.3) is 10.8 Å². The molecule has 0 aliphatic carbocycles. The van der Waals surface area contributed by atoms with E-state index >= 15 is 0 Å². The Kier molecular flexibility index (Phi) is 5.22. The summed E-state index contributed by atoms with van der Waals surface area (Å²) >= 11 is 0. The molecule has 0 amide bonds. The number of aromatic nitrogens is 1. The minimum absolute atomic E-state index is 0.314. The molecule has 2 aromatic carbocycles. The van der Waals surface area contributed by atoms with Gasteiger partial charge in [0, 0.05) is 23.0 Å². The van der Waals surface area contributed by atoms with E-state index in [0.717, 1.165) is 10.8 Å². The van der Waals surface area contributed by atoms with E-state index in [0.29, 0.717) is 35.2 Å². The van der Waals surface area contributed by atoms with Crippen molar-refractivity contribution < 1.29 is 19.0 Å². The number of carbonyl (C=O) groups excluding carboxylic acids is 1. The molecule has 26 heavy (non-hydrogen) atoms. The average molecular weight is 352 g/mol. The van der Waals surface area contributed by atoms with Crippen molar-refractivity contribution in [3.05, 3.63) is 54.2 Å². The fourth-order valence-electron chi connectivity index (χ4n) is 2.70. The summed E-state index contributed by atoms with van der Waals surface area (Å²) in [4.78, 5) is 16.6. The summed E-state index contributed by atoms with van der Waals surface area (Å²) in [5.41, 5.74) is 1.15. The second-order valence-electron chi connectivity index (χ2n) is 5.48. The third kappa shape index (κ3) is 3.39. The van der Waals surface area contributed by atoms with Gasteiger partial charge in [0.2, 0.25) is 0 Å². The lowest BCUT2D eigenvalue weighted by Gasteiger charge is -2.14. The zero-order valence-electron chi connectivity index (χ0n) is 14.9. The summed E-state index contributed by atoms with van der Waals surface area (Å²) < 4.78 is 15.8. The van der Waals surface area contributed by atoms with E-state index in [1.54, 1.807) is 21.1 Å². The van der Waals surface area contributed by atoms with Crippen LogP contribution < -0.4 is 14.8 Å². The number of fused-ring (bicyclic) bond motifs is 1. The number of rotatable bonds is 6.